The first kappa shape index (κ1) is 9.83. The molecule has 0 heterocycles. The molecule has 0 spiro atoms. The molecule has 0 amide bonds. The van der Waals surface area contributed by atoms with E-state index in [9.17, 15) is 0 Å². The summed E-state index contributed by atoms with van der Waals surface area (Å²) in [5.74, 6) is 2.68. The van der Waals surface area contributed by atoms with Gasteiger partial charge in [-0.3, -0.25) is 0 Å². The second-order valence-electron chi connectivity index (χ2n) is 3.11. The zero-order valence-corrected chi connectivity index (χ0v) is 8.17. The highest BCUT2D eigenvalue weighted by Gasteiger charge is 2.08. The largest absolute Gasteiger partial charge is 0.312 e. The molecule has 1 unspecified atom stereocenters. The summed E-state index contributed by atoms with van der Waals surface area (Å²) in [6.07, 6.45) is 6.04. The zero-order chi connectivity index (χ0) is 9.68. The van der Waals surface area contributed by atoms with E-state index in [2.05, 4.69) is 30.3 Å². The van der Waals surface area contributed by atoms with Crippen LogP contribution < -0.4 is 5.32 Å². The molecule has 0 aromatic heterocycles. The third kappa shape index (κ3) is 2.34. The Hall–Kier alpha value is -1.26. The van der Waals surface area contributed by atoms with Gasteiger partial charge in [0.2, 0.25) is 0 Å². The van der Waals surface area contributed by atoms with E-state index in [-0.39, 0.29) is 6.04 Å². The van der Waals surface area contributed by atoms with Crippen LogP contribution in [0.15, 0.2) is 24.3 Å². The van der Waals surface area contributed by atoms with Gasteiger partial charge in [0, 0.05) is 12.5 Å². The van der Waals surface area contributed by atoms with Crippen LogP contribution in [0.1, 0.15) is 23.6 Å². The summed E-state index contributed by atoms with van der Waals surface area (Å²) in [5.41, 5.74) is 2.58. The van der Waals surface area contributed by atoms with E-state index in [1.54, 1.807) is 0 Å². The smallest absolute Gasteiger partial charge is 0.0430 e. The van der Waals surface area contributed by atoms with Crippen molar-refractivity contribution < 1.29 is 0 Å². The average molecular weight is 173 g/mol. The third-order valence-electron chi connectivity index (χ3n) is 2.23. The minimum Gasteiger partial charge on any atom is -0.312 e. The Kier molecular flexibility index (Phi) is 3.54. The number of nitrogens with one attached hydrogen (secondary N) is 1. The van der Waals surface area contributed by atoms with Gasteiger partial charge in [-0.15, -0.1) is 12.3 Å². The van der Waals surface area contributed by atoms with Crippen molar-refractivity contribution in [1.29, 1.82) is 0 Å². The van der Waals surface area contributed by atoms with Crippen LogP contribution >= 0.6 is 0 Å². The van der Waals surface area contributed by atoms with Gasteiger partial charge in [0.25, 0.3) is 0 Å². The van der Waals surface area contributed by atoms with E-state index in [0.29, 0.717) is 0 Å². The van der Waals surface area contributed by atoms with Gasteiger partial charge >= 0.3 is 0 Å². The minimum absolute atomic E-state index is 0.284. The third-order valence-corrected chi connectivity index (χ3v) is 2.23. The number of aryl methyl sites for hydroxylation is 1. The monoisotopic (exact) mass is 173 g/mol. The molecule has 1 aromatic carbocycles. The number of hydrogen-bond acceptors (Lipinski definition) is 1. The molecule has 0 aliphatic carbocycles. The van der Waals surface area contributed by atoms with Crippen LogP contribution in [-0.2, 0) is 0 Å². The SMILES string of the molecule is C#CCC(NC)c1ccccc1C. The fourth-order valence-corrected chi connectivity index (χ4v) is 1.46. The molecule has 0 aliphatic heterocycles. The highest BCUT2D eigenvalue weighted by atomic mass is 14.9. The minimum atomic E-state index is 0.284. The zero-order valence-electron chi connectivity index (χ0n) is 8.17. The molecule has 1 N–H and O–H groups in total. The molecule has 13 heavy (non-hydrogen) atoms. The second kappa shape index (κ2) is 4.69. The molecule has 1 aromatic rings. The van der Waals surface area contributed by atoms with Gasteiger partial charge in [-0.1, -0.05) is 24.3 Å². The van der Waals surface area contributed by atoms with Crippen LogP contribution in [0.25, 0.3) is 0 Å². The molecule has 1 rings (SSSR count). The van der Waals surface area contributed by atoms with E-state index >= 15 is 0 Å². The lowest BCUT2D eigenvalue weighted by Gasteiger charge is -2.15. The fourth-order valence-electron chi connectivity index (χ4n) is 1.46. The maximum absolute atomic E-state index is 5.30. The topological polar surface area (TPSA) is 12.0 Å². The van der Waals surface area contributed by atoms with Gasteiger partial charge in [0.05, 0.1) is 0 Å². The van der Waals surface area contributed by atoms with Crippen molar-refractivity contribution in [3.8, 4) is 12.3 Å². The van der Waals surface area contributed by atoms with Gasteiger partial charge in [-0.2, -0.15) is 0 Å². The Labute approximate surface area is 80.2 Å². The Bertz CT molecular complexity index is 309. The van der Waals surface area contributed by atoms with Gasteiger partial charge < -0.3 is 5.32 Å². The molecular formula is C12H15N. The van der Waals surface area contributed by atoms with Gasteiger partial charge in [-0.25, -0.2) is 0 Å². The summed E-state index contributed by atoms with van der Waals surface area (Å²) < 4.78 is 0. The van der Waals surface area contributed by atoms with Crippen molar-refractivity contribution in [3.05, 3.63) is 35.4 Å². The Morgan fingerprint density at radius 1 is 1.46 bits per heavy atom. The Morgan fingerprint density at radius 2 is 2.15 bits per heavy atom. The highest BCUT2D eigenvalue weighted by molar-refractivity contribution is 5.29. The summed E-state index contributed by atoms with van der Waals surface area (Å²) in [5, 5.41) is 3.22. The van der Waals surface area contributed by atoms with Crippen LogP contribution in [0.4, 0.5) is 0 Å². The molecule has 0 aliphatic rings. The van der Waals surface area contributed by atoms with Crippen LogP contribution in [0.3, 0.4) is 0 Å². The summed E-state index contributed by atoms with van der Waals surface area (Å²) in [7, 11) is 1.94. The van der Waals surface area contributed by atoms with Crippen molar-refractivity contribution in [1.82, 2.24) is 5.32 Å². The predicted molar refractivity (Wildman–Crippen MR) is 56.4 cm³/mol. The molecule has 0 radical (unpaired) electrons. The fraction of sp³-hybridized carbons (Fsp3) is 0.333. The lowest BCUT2D eigenvalue weighted by molar-refractivity contribution is 0.608. The van der Waals surface area contributed by atoms with Crippen molar-refractivity contribution >= 4 is 0 Å². The molecular weight excluding hydrogens is 158 g/mol. The summed E-state index contributed by atoms with van der Waals surface area (Å²) >= 11 is 0. The Balaban J connectivity index is 2.92. The summed E-state index contributed by atoms with van der Waals surface area (Å²) in [6, 6.07) is 8.60. The van der Waals surface area contributed by atoms with Crippen molar-refractivity contribution in [2.45, 2.75) is 19.4 Å². The summed E-state index contributed by atoms with van der Waals surface area (Å²) in [6.45, 7) is 2.11. The number of benzene rings is 1. The predicted octanol–water partition coefficient (Wildman–Crippen LogP) is 2.28. The first-order valence-electron chi connectivity index (χ1n) is 4.46. The molecule has 68 valence electrons. The van der Waals surface area contributed by atoms with Crippen molar-refractivity contribution in [3.63, 3.8) is 0 Å². The van der Waals surface area contributed by atoms with Crippen LogP contribution in [0.5, 0.6) is 0 Å². The Morgan fingerprint density at radius 3 is 2.69 bits per heavy atom. The van der Waals surface area contributed by atoms with E-state index < -0.39 is 0 Å². The second-order valence-corrected chi connectivity index (χ2v) is 3.11. The van der Waals surface area contributed by atoms with Crippen LogP contribution in [0, 0.1) is 19.3 Å². The van der Waals surface area contributed by atoms with Gasteiger partial charge in [0.1, 0.15) is 0 Å². The van der Waals surface area contributed by atoms with Crippen LogP contribution in [0.2, 0.25) is 0 Å². The maximum Gasteiger partial charge on any atom is 0.0430 e. The van der Waals surface area contributed by atoms with E-state index in [1.165, 1.54) is 11.1 Å². The maximum atomic E-state index is 5.30. The average Bonchev–Trinajstić information content (AvgIpc) is 2.16. The van der Waals surface area contributed by atoms with E-state index in [4.69, 9.17) is 6.42 Å². The molecule has 0 saturated carbocycles. The molecule has 0 saturated heterocycles. The first-order chi connectivity index (χ1) is 6.29. The lowest BCUT2D eigenvalue weighted by Crippen LogP contribution is -2.16. The number of terminal acetylenes is 1. The van der Waals surface area contributed by atoms with E-state index in [1.807, 2.05) is 19.2 Å². The van der Waals surface area contributed by atoms with E-state index in [0.717, 1.165) is 6.42 Å². The van der Waals surface area contributed by atoms with Crippen molar-refractivity contribution in [2.75, 3.05) is 7.05 Å². The molecule has 1 heteroatoms. The first-order valence-corrected chi connectivity index (χ1v) is 4.46. The van der Waals surface area contributed by atoms with Crippen LogP contribution in [-0.4, -0.2) is 7.05 Å². The normalized spacial score (nSPS) is 12.1. The molecule has 1 nitrogen and oxygen atoms in total. The van der Waals surface area contributed by atoms with Gasteiger partial charge in [0.15, 0.2) is 0 Å². The molecule has 0 fully saturated rings. The standard InChI is InChI=1S/C12H15N/c1-4-7-12(13-3)11-9-6-5-8-10(11)2/h1,5-6,8-9,12-13H,7H2,2-3H3. The van der Waals surface area contributed by atoms with Crippen molar-refractivity contribution in [2.24, 2.45) is 0 Å². The summed E-state index contributed by atoms with van der Waals surface area (Å²) in [4.78, 5) is 0. The van der Waals surface area contributed by atoms with Gasteiger partial charge in [-0.05, 0) is 25.1 Å². The quantitative estimate of drug-likeness (QED) is 0.691. The lowest BCUT2D eigenvalue weighted by atomic mass is 9.99. The number of hydrogen-bond donors (Lipinski definition) is 1. The molecule has 0 bridgehead atoms. The molecule has 1 atom stereocenters. The highest BCUT2D eigenvalue weighted by Crippen LogP contribution is 2.19. The number of rotatable bonds is 3.